The maximum absolute atomic E-state index is 12.6. The summed E-state index contributed by atoms with van der Waals surface area (Å²) in [6.45, 7) is 4.12. The van der Waals surface area contributed by atoms with Gasteiger partial charge >= 0.3 is 0 Å². The van der Waals surface area contributed by atoms with Crippen LogP contribution in [0, 0.1) is 0 Å². The normalized spacial score (nSPS) is 13.5. The number of amides is 1. The third-order valence-corrected chi connectivity index (χ3v) is 16.1. The summed E-state index contributed by atoms with van der Waals surface area (Å²) >= 11 is 0. The summed E-state index contributed by atoms with van der Waals surface area (Å²) in [6.07, 6.45) is 72.1. The zero-order chi connectivity index (χ0) is 51.6. The molecule has 4 atom stereocenters. The topological polar surface area (TPSA) is 110 Å². The van der Waals surface area contributed by atoms with Crippen molar-refractivity contribution in [2.75, 3.05) is 6.61 Å². The molecular weight excluding hydrogens is 875 g/mol. The molecule has 0 aromatic carbocycles. The summed E-state index contributed by atoms with van der Waals surface area (Å²) in [6, 6.07) is -0.982. The highest BCUT2D eigenvalue weighted by Gasteiger charge is 2.28. The number of unbranched alkanes of at least 4 members (excludes halogenated alkanes) is 53. The Morgan fingerprint density at radius 3 is 0.676 bits per heavy atom. The minimum atomic E-state index is -1.26. The molecule has 0 saturated heterocycles. The fourth-order valence-corrected chi connectivity index (χ4v) is 10.9. The van der Waals surface area contributed by atoms with Gasteiger partial charge in [-0.15, -0.1) is 0 Å². The van der Waals surface area contributed by atoms with Gasteiger partial charge in [0.15, 0.2) is 0 Å². The van der Waals surface area contributed by atoms with Crippen molar-refractivity contribution in [3.05, 3.63) is 0 Å². The fourth-order valence-electron chi connectivity index (χ4n) is 10.9. The Kier molecular flexibility index (Phi) is 59.6. The van der Waals surface area contributed by atoms with Crippen molar-refractivity contribution in [2.45, 2.75) is 404 Å². The van der Waals surface area contributed by atoms with E-state index in [2.05, 4.69) is 19.2 Å². The second-order valence-electron chi connectivity index (χ2n) is 23.2. The van der Waals surface area contributed by atoms with Crippen LogP contribution in [0.15, 0.2) is 0 Å². The van der Waals surface area contributed by atoms with E-state index in [0.29, 0.717) is 12.8 Å². The van der Waals surface area contributed by atoms with E-state index in [1.54, 1.807) is 0 Å². The molecule has 0 aliphatic carbocycles. The summed E-state index contributed by atoms with van der Waals surface area (Å²) < 4.78 is 0. The second-order valence-corrected chi connectivity index (χ2v) is 23.2. The van der Waals surface area contributed by atoms with Gasteiger partial charge in [-0.05, 0) is 12.8 Å². The van der Waals surface area contributed by atoms with Crippen LogP contribution in [0.3, 0.4) is 0 Å². The zero-order valence-electron chi connectivity index (χ0n) is 48.5. The number of rotatable bonds is 62. The Balaban J connectivity index is 3.52. The molecule has 6 heteroatoms. The predicted molar refractivity (Wildman–Crippen MR) is 312 cm³/mol. The van der Waals surface area contributed by atoms with E-state index in [4.69, 9.17) is 0 Å². The molecule has 5 N–H and O–H groups in total. The van der Waals surface area contributed by atoms with E-state index in [1.165, 1.54) is 315 Å². The van der Waals surface area contributed by atoms with Crippen LogP contribution < -0.4 is 5.32 Å². The highest BCUT2D eigenvalue weighted by Crippen LogP contribution is 2.20. The largest absolute Gasteiger partial charge is 0.394 e. The Hall–Kier alpha value is -0.690. The molecule has 426 valence electrons. The van der Waals surface area contributed by atoms with Crippen molar-refractivity contribution in [3.63, 3.8) is 0 Å². The molecule has 0 rings (SSSR count). The monoisotopic (exact) mass is 1010 g/mol. The van der Waals surface area contributed by atoms with Gasteiger partial charge in [0.25, 0.3) is 0 Å². The van der Waals surface area contributed by atoms with Crippen molar-refractivity contribution in [1.29, 1.82) is 0 Å². The minimum absolute atomic E-state index is 0.377. The molecule has 6 nitrogen and oxygen atoms in total. The lowest BCUT2D eigenvalue weighted by Crippen LogP contribution is -2.53. The second kappa shape index (κ2) is 60.2. The molecule has 0 saturated carbocycles. The summed E-state index contributed by atoms with van der Waals surface area (Å²) in [7, 11) is 0. The third kappa shape index (κ3) is 53.9. The van der Waals surface area contributed by atoms with Crippen molar-refractivity contribution in [2.24, 2.45) is 0 Å². The molecule has 1 amide bonds. The van der Waals surface area contributed by atoms with Crippen molar-refractivity contribution in [3.8, 4) is 0 Å². The van der Waals surface area contributed by atoms with E-state index >= 15 is 0 Å². The van der Waals surface area contributed by atoms with Crippen molar-refractivity contribution >= 4 is 5.91 Å². The lowest BCUT2D eigenvalue weighted by atomic mass is 9.99. The zero-order valence-corrected chi connectivity index (χ0v) is 48.5. The summed E-state index contributed by atoms with van der Waals surface area (Å²) in [5.41, 5.74) is 0. The minimum Gasteiger partial charge on any atom is -0.394 e. The highest BCUT2D eigenvalue weighted by molar-refractivity contribution is 5.80. The van der Waals surface area contributed by atoms with Gasteiger partial charge in [0.1, 0.15) is 12.2 Å². The van der Waals surface area contributed by atoms with Crippen LogP contribution in [0.2, 0.25) is 0 Å². The molecule has 71 heavy (non-hydrogen) atoms. The molecule has 0 bridgehead atoms. The SMILES string of the molecule is CCCCCCCCCCCCCCCCCCCCCCCCCCCCCCCCC(O)C(=O)NC(CO)C(O)C(O)CCCCCCCCCCCCCCCCCCCCCCCCCCC. The van der Waals surface area contributed by atoms with Crippen molar-refractivity contribution < 1.29 is 25.2 Å². The summed E-state index contributed by atoms with van der Waals surface area (Å²) in [4.78, 5) is 12.6. The first-order chi connectivity index (χ1) is 35.0. The van der Waals surface area contributed by atoms with E-state index in [-0.39, 0.29) is 0 Å². The van der Waals surface area contributed by atoms with Gasteiger partial charge in [0.05, 0.1) is 18.8 Å². The molecule has 0 aliphatic rings. The van der Waals surface area contributed by atoms with Crippen LogP contribution in [-0.2, 0) is 4.79 Å². The third-order valence-electron chi connectivity index (χ3n) is 16.1. The van der Waals surface area contributed by atoms with Crippen LogP contribution in [-0.4, -0.2) is 57.3 Å². The lowest BCUT2D eigenvalue weighted by molar-refractivity contribution is -0.132. The van der Waals surface area contributed by atoms with Gasteiger partial charge in [-0.25, -0.2) is 0 Å². The Bertz CT molecular complexity index is 995. The molecule has 4 unspecified atom stereocenters. The first-order valence-electron chi connectivity index (χ1n) is 32.9. The fraction of sp³-hybridized carbons (Fsp3) is 0.985. The Morgan fingerprint density at radius 2 is 0.479 bits per heavy atom. The smallest absolute Gasteiger partial charge is 0.249 e. The number of aliphatic hydroxyl groups is 4. The molecule has 0 spiro atoms. The average molecular weight is 1010 g/mol. The van der Waals surface area contributed by atoms with Crippen LogP contribution in [0.5, 0.6) is 0 Å². The van der Waals surface area contributed by atoms with Gasteiger partial charge in [0, 0.05) is 0 Å². The molecule has 0 radical (unpaired) electrons. The first kappa shape index (κ1) is 70.3. The maximum atomic E-state index is 12.6. The van der Waals surface area contributed by atoms with E-state index < -0.39 is 36.9 Å². The Morgan fingerprint density at radius 1 is 0.296 bits per heavy atom. The number of nitrogens with one attached hydrogen (secondary N) is 1. The Labute approximate surface area is 445 Å². The van der Waals surface area contributed by atoms with Crippen LogP contribution >= 0.6 is 0 Å². The summed E-state index contributed by atoms with van der Waals surface area (Å²) in [5, 5.41) is 44.2. The molecule has 0 heterocycles. The van der Waals surface area contributed by atoms with Crippen LogP contribution in [0.1, 0.15) is 380 Å². The van der Waals surface area contributed by atoms with E-state index in [9.17, 15) is 25.2 Å². The summed E-state index contributed by atoms with van der Waals surface area (Å²) in [5.74, 6) is -0.573. The average Bonchev–Trinajstić information content (AvgIpc) is 3.38. The van der Waals surface area contributed by atoms with Gasteiger partial charge in [0.2, 0.25) is 5.91 Å². The van der Waals surface area contributed by atoms with E-state index in [1.807, 2.05) is 0 Å². The highest BCUT2D eigenvalue weighted by atomic mass is 16.3. The number of hydrogen-bond acceptors (Lipinski definition) is 5. The number of aliphatic hydroxyl groups excluding tert-OH is 4. The quantitative estimate of drug-likeness (QED) is 0.0390. The molecule has 0 aromatic rings. The molecular formula is C65H131NO5. The standard InChI is InChI=1S/C65H131NO5/c1-3-5-7-9-11-13-15-17-19-21-23-25-27-29-30-31-32-33-35-37-39-41-43-45-47-49-51-53-55-57-59-63(69)65(71)66-61(60-67)64(70)62(68)58-56-54-52-50-48-46-44-42-40-38-36-34-28-26-24-22-20-18-16-14-12-10-8-6-4-2/h61-64,67-70H,3-60H2,1-2H3,(H,66,71). The molecule has 0 aliphatic heterocycles. The first-order valence-corrected chi connectivity index (χ1v) is 32.9. The van der Waals surface area contributed by atoms with Gasteiger partial charge in [-0.1, -0.05) is 367 Å². The predicted octanol–water partition coefficient (Wildman–Crippen LogP) is 19.8. The molecule has 0 aromatic heterocycles. The molecule has 0 fully saturated rings. The van der Waals surface area contributed by atoms with Crippen molar-refractivity contribution in [1.82, 2.24) is 5.32 Å². The number of hydrogen-bond donors (Lipinski definition) is 5. The van der Waals surface area contributed by atoms with Gasteiger partial charge < -0.3 is 25.7 Å². The van der Waals surface area contributed by atoms with Crippen LogP contribution in [0.25, 0.3) is 0 Å². The van der Waals surface area contributed by atoms with Gasteiger partial charge in [-0.3, -0.25) is 4.79 Å². The van der Waals surface area contributed by atoms with E-state index in [0.717, 1.165) is 38.5 Å². The number of carbonyl (C=O) groups is 1. The maximum Gasteiger partial charge on any atom is 0.249 e. The lowest BCUT2D eigenvalue weighted by Gasteiger charge is -2.27. The van der Waals surface area contributed by atoms with Crippen LogP contribution in [0.4, 0.5) is 0 Å². The number of carbonyl (C=O) groups excluding carboxylic acids is 1. The van der Waals surface area contributed by atoms with Gasteiger partial charge in [-0.2, -0.15) is 0 Å².